The van der Waals surface area contributed by atoms with Gasteiger partial charge in [0.05, 0.1) is 0 Å². The van der Waals surface area contributed by atoms with Crippen molar-refractivity contribution >= 4 is 16.0 Å². The Kier molecular flexibility index (Phi) is 2.10. The molecule has 0 aromatic rings. The molecule has 1 rings (SSSR count). The molecule has 1 aliphatic rings. The zero-order chi connectivity index (χ0) is 9.35. The molecule has 1 heterocycles. The Hall–Kier alpha value is -1.04. The molecule has 68 valence electrons. The van der Waals surface area contributed by atoms with E-state index in [1.165, 1.54) is 6.08 Å². The summed E-state index contributed by atoms with van der Waals surface area (Å²) in [6.07, 6.45) is 1.52. The standard InChI is InChI=1S/C6H11N3O2S/c1-4(2)5-3-6(7)9-12(10,11)8-5/h3-4,8H,1-2H3,(H2,7,9). The molecule has 6 heteroatoms. The van der Waals surface area contributed by atoms with Crippen LogP contribution in [0.1, 0.15) is 13.8 Å². The Morgan fingerprint density at radius 2 is 2.17 bits per heavy atom. The van der Waals surface area contributed by atoms with Gasteiger partial charge in [-0.05, 0) is 5.92 Å². The smallest absolute Gasteiger partial charge is 0.343 e. The maximum Gasteiger partial charge on any atom is 0.343 e. The van der Waals surface area contributed by atoms with Crippen LogP contribution in [-0.2, 0) is 10.2 Å². The average Bonchev–Trinajstić information content (AvgIpc) is 1.82. The average molecular weight is 189 g/mol. The van der Waals surface area contributed by atoms with Gasteiger partial charge in [-0.1, -0.05) is 13.8 Å². The van der Waals surface area contributed by atoms with E-state index in [9.17, 15) is 8.42 Å². The Morgan fingerprint density at radius 1 is 1.58 bits per heavy atom. The summed E-state index contributed by atoms with van der Waals surface area (Å²) in [6, 6.07) is 0. The summed E-state index contributed by atoms with van der Waals surface area (Å²) in [7, 11) is -3.58. The van der Waals surface area contributed by atoms with E-state index in [0.29, 0.717) is 5.70 Å². The van der Waals surface area contributed by atoms with Crippen molar-refractivity contribution < 1.29 is 8.42 Å². The number of rotatable bonds is 1. The van der Waals surface area contributed by atoms with Crippen molar-refractivity contribution in [2.45, 2.75) is 13.8 Å². The van der Waals surface area contributed by atoms with Crippen molar-refractivity contribution in [3.05, 3.63) is 11.8 Å². The van der Waals surface area contributed by atoms with Gasteiger partial charge in [0.2, 0.25) is 0 Å². The van der Waals surface area contributed by atoms with Crippen LogP contribution in [0.5, 0.6) is 0 Å². The van der Waals surface area contributed by atoms with Crippen LogP contribution in [0, 0.1) is 5.92 Å². The second kappa shape index (κ2) is 2.78. The van der Waals surface area contributed by atoms with Gasteiger partial charge in [-0.3, -0.25) is 4.72 Å². The van der Waals surface area contributed by atoms with Crippen LogP contribution in [0.4, 0.5) is 0 Å². The number of nitrogens with one attached hydrogen (secondary N) is 1. The maximum absolute atomic E-state index is 11.0. The molecular formula is C6H11N3O2S. The van der Waals surface area contributed by atoms with E-state index in [-0.39, 0.29) is 11.8 Å². The summed E-state index contributed by atoms with van der Waals surface area (Å²) in [6.45, 7) is 3.74. The van der Waals surface area contributed by atoms with Gasteiger partial charge in [0.25, 0.3) is 0 Å². The molecule has 3 N–H and O–H groups in total. The highest BCUT2D eigenvalue weighted by Gasteiger charge is 2.17. The van der Waals surface area contributed by atoms with E-state index in [1.54, 1.807) is 0 Å². The van der Waals surface area contributed by atoms with Gasteiger partial charge in [0.15, 0.2) is 0 Å². The number of nitrogens with zero attached hydrogens (tertiary/aromatic N) is 1. The topological polar surface area (TPSA) is 84.5 Å². The molecule has 0 unspecified atom stereocenters. The third kappa shape index (κ3) is 1.97. The zero-order valence-corrected chi connectivity index (χ0v) is 7.72. The SMILES string of the molecule is CC(C)C1=CC(N)=NS(=O)(=O)N1. The van der Waals surface area contributed by atoms with E-state index in [0.717, 1.165) is 0 Å². The second-order valence-electron chi connectivity index (χ2n) is 2.85. The second-order valence-corrected chi connectivity index (χ2v) is 4.18. The third-order valence-corrected chi connectivity index (χ3v) is 2.34. The van der Waals surface area contributed by atoms with Crippen molar-refractivity contribution in [1.29, 1.82) is 0 Å². The molecule has 0 aromatic carbocycles. The molecule has 0 spiro atoms. The monoisotopic (exact) mass is 189 g/mol. The molecule has 0 bridgehead atoms. The van der Waals surface area contributed by atoms with Crippen LogP contribution in [0.25, 0.3) is 0 Å². The minimum absolute atomic E-state index is 0.0254. The third-order valence-electron chi connectivity index (χ3n) is 1.40. The predicted molar refractivity (Wildman–Crippen MR) is 46.6 cm³/mol. The van der Waals surface area contributed by atoms with Crippen molar-refractivity contribution in [1.82, 2.24) is 4.72 Å². The molecule has 0 atom stereocenters. The minimum atomic E-state index is -3.58. The molecule has 0 saturated carbocycles. The first kappa shape index (κ1) is 9.05. The number of hydrogen-bond donors (Lipinski definition) is 2. The van der Waals surface area contributed by atoms with E-state index in [2.05, 4.69) is 9.12 Å². The molecule has 5 nitrogen and oxygen atoms in total. The predicted octanol–water partition coefficient (Wildman–Crippen LogP) is -0.268. The van der Waals surface area contributed by atoms with Gasteiger partial charge in [0, 0.05) is 11.8 Å². The van der Waals surface area contributed by atoms with Crippen LogP contribution in [0.3, 0.4) is 0 Å². The van der Waals surface area contributed by atoms with E-state index >= 15 is 0 Å². The molecule has 0 fully saturated rings. The first-order chi connectivity index (χ1) is 5.41. The van der Waals surface area contributed by atoms with Gasteiger partial charge in [-0.25, -0.2) is 0 Å². The Balaban J connectivity index is 3.05. The summed E-state index contributed by atoms with van der Waals surface area (Å²) in [5, 5.41) is 0. The molecular weight excluding hydrogens is 178 g/mol. The number of hydrogen-bond acceptors (Lipinski definition) is 3. The van der Waals surface area contributed by atoms with Crippen LogP contribution >= 0.6 is 0 Å². The summed E-state index contributed by atoms with van der Waals surface area (Å²) in [5.41, 5.74) is 5.86. The van der Waals surface area contributed by atoms with Crippen LogP contribution < -0.4 is 10.5 Å². The van der Waals surface area contributed by atoms with Crippen LogP contribution in [0.15, 0.2) is 16.2 Å². The number of nitrogens with two attached hydrogens (primary N) is 1. The van der Waals surface area contributed by atoms with Gasteiger partial charge in [-0.2, -0.15) is 8.42 Å². The van der Waals surface area contributed by atoms with Crippen molar-refractivity contribution in [2.24, 2.45) is 16.0 Å². The maximum atomic E-state index is 11.0. The lowest BCUT2D eigenvalue weighted by molar-refractivity contribution is 0.582. The number of allylic oxidation sites excluding steroid dienone is 1. The zero-order valence-electron chi connectivity index (χ0n) is 6.90. The van der Waals surface area contributed by atoms with E-state index in [1.807, 2.05) is 13.8 Å². The summed E-state index contributed by atoms with van der Waals surface area (Å²) < 4.78 is 27.4. The molecule has 0 aliphatic carbocycles. The fourth-order valence-electron chi connectivity index (χ4n) is 0.810. The first-order valence-electron chi connectivity index (χ1n) is 3.50. The summed E-state index contributed by atoms with van der Waals surface area (Å²) >= 11 is 0. The molecule has 0 aromatic heterocycles. The van der Waals surface area contributed by atoms with Crippen LogP contribution in [0.2, 0.25) is 0 Å². The van der Waals surface area contributed by atoms with Gasteiger partial charge < -0.3 is 5.73 Å². The lowest BCUT2D eigenvalue weighted by atomic mass is 10.1. The van der Waals surface area contributed by atoms with Crippen molar-refractivity contribution in [2.75, 3.05) is 0 Å². The molecule has 0 saturated heterocycles. The quantitative estimate of drug-likeness (QED) is 0.595. The van der Waals surface area contributed by atoms with Gasteiger partial charge in [0.1, 0.15) is 5.84 Å². The fourth-order valence-corrected chi connectivity index (χ4v) is 1.78. The Labute approximate surface area is 71.5 Å². The molecule has 0 radical (unpaired) electrons. The lowest BCUT2D eigenvalue weighted by Crippen LogP contribution is -2.31. The highest BCUT2D eigenvalue weighted by atomic mass is 32.2. The largest absolute Gasteiger partial charge is 0.383 e. The van der Waals surface area contributed by atoms with Crippen molar-refractivity contribution in [3.63, 3.8) is 0 Å². The highest BCUT2D eigenvalue weighted by molar-refractivity contribution is 7.88. The van der Waals surface area contributed by atoms with E-state index in [4.69, 9.17) is 5.73 Å². The lowest BCUT2D eigenvalue weighted by Gasteiger charge is -2.15. The molecule has 1 aliphatic heterocycles. The summed E-state index contributed by atoms with van der Waals surface area (Å²) in [5.74, 6) is 0.117. The van der Waals surface area contributed by atoms with Crippen LogP contribution in [-0.4, -0.2) is 14.3 Å². The minimum Gasteiger partial charge on any atom is -0.383 e. The Bertz CT molecular complexity index is 340. The molecule has 12 heavy (non-hydrogen) atoms. The Morgan fingerprint density at radius 3 is 2.58 bits per heavy atom. The van der Waals surface area contributed by atoms with E-state index < -0.39 is 10.2 Å². The normalized spacial score (nSPS) is 21.2. The first-order valence-corrected chi connectivity index (χ1v) is 4.94. The van der Waals surface area contributed by atoms with Gasteiger partial charge in [-0.15, -0.1) is 4.40 Å². The van der Waals surface area contributed by atoms with Crippen molar-refractivity contribution in [3.8, 4) is 0 Å². The fraction of sp³-hybridized carbons (Fsp3) is 0.500. The molecule has 0 amide bonds. The highest BCUT2D eigenvalue weighted by Crippen LogP contribution is 2.11. The summed E-state index contributed by atoms with van der Waals surface area (Å²) in [4.78, 5) is 0. The van der Waals surface area contributed by atoms with Gasteiger partial charge >= 0.3 is 10.2 Å². The number of amidine groups is 1.